The van der Waals surface area contributed by atoms with Crippen LogP contribution in [0.3, 0.4) is 0 Å². The molecule has 4 nitrogen and oxygen atoms in total. The van der Waals surface area contributed by atoms with Crippen molar-refractivity contribution < 1.29 is 9.18 Å². The van der Waals surface area contributed by atoms with E-state index in [0.717, 1.165) is 6.54 Å². The number of hydrogen-bond donors (Lipinski definition) is 1. The highest BCUT2D eigenvalue weighted by Gasteiger charge is 2.30. The Kier molecular flexibility index (Phi) is 4.22. The molecule has 2 aromatic rings. The van der Waals surface area contributed by atoms with Gasteiger partial charge in [-0.3, -0.25) is 4.79 Å². The summed E-state index contributed by atoms with van der Waals surface area (Å²) < 4.78 is 13.8. The summed E-state index contributed by atoms with van der Waals surface area (Å²) in [5.41, 5.74) is 0.831. The van der Waals surface area contributed by atoms with Crippen molar-refractivity contribution in [3.05, 3.63) is 41.2 Å². The summed E-state index contributed by atoms with van der Waals surface area (Å²) in [4.78, 5) is 18.8. The molecule has 116 valence electrons. The first kappa shape index (κ1) is 15.1. The third-order valence-electron chi connectivity index (χ3n) is 4.12. The van der Waals surface area contributed by atoms with Crippen molar-refractivity contribution in [2.24, 2.45) is 0 Å². The maximum atomic E-state index is 13.8. The van der Waals surface area contributed by atoms with Gasteiger partial charge in [-0.1, -0.05) is 12.1 Å². The SMILES string of the molecule is CC1NCCN(C(=O)c2csc(-c3ccccc3F)n2)C1C. The van der Waals surface area contributed by atoms with Gasteiger partial charge in [0.25, 0.3) is 5.91 Å². The number of rotatable bonds is 2. The van der Waals surface area contributed by atoms with Crippen LogP contribution in [-0.4, -0.2) is 41.0 Å². The Bertz CT molecular complexity index is 688. The lowest BCUT2D eigenvalue weighted by Gasteiger charge is -2.38. The molecular formula is C16H18FN3OS. The highest BCUT2D eigenvalue weighted by Crippen LogP contribution is 2.27. The molecule has 0 saturated carbocycles. The molecule has 1 fully saturated rings. The molecule has 2 heterocycles. The van der Waals surface area contributed by atoms with Gasteiger partial charge in [0.2, 0.25) is 0 Å². The predicted molar refractivity (Wildman–Crippen MR) is 85.5 cm³/mol. The lowest BCUT2D eigenvalue weighted by Crippen LogP contribution is -2.57. The van der Waals surface area contributed by atoms with Crippen LogP contribution in [0.5, 0.6) is 0 Å². The van der Waals surface area contributed by atoms with E-state index in [0.29, 0.717) is 22.8 Å². The molecule has 3 rings (SSSR count). The zero-order chi connectivity index (χ0) is 15.7. The molecule has 0 aliphatic carbocycles. The molecule has 1 amide bonds. The standard InChI is InChI=1S/C16H18FN3OS/c1-10-11(2)20(8-7-18-10)16(21)14-9-22-15(19-14)12-5-3-4-6-13(12)17/h3-6,9-11,18H,7-8H2,1-2H3. The average Bonchev–Trinajstić information content (AvgIpc) is 2.99. The van der Waals surface area contributed by atoms with Gasteiger partial charge in [-0.15, -0.1) is 11.3 Å². The Morgan fingerprint density at radius 1 is 1.41 bits per heavy atom. The molecule has 2 unspecified atom stereocenters. The monoisotopic (exact) mass is 319 g/mol. The molecule has 1 aromatic heterocycles. The Morgan fingerprint density at radius 3 is 2.95 bits per heavy atom. The first-order valence-corrected chi connectivity index (χ1v) is 8.20. The Balaban J connectivity index is 1.85. The van der Waals surface area contributed by atoms with Gasteiger partial charge in [0, 0.05) is 36.1 Å². The number of halogens is 1. The molecule has 0 radical (unpaired) electrons. The van der Waals surface area contributed by atoms with Crippen LogP contribution in [0.2, 0.25) is 0 Å². The van der Waals surface area contributed by atoms with Crippen molar-refractivity contribution >= 4 is 17.2 Å². The number of thiazole rings is 1. The summed E-state index contributed by atoms with van der Waals surface area (Å²) in [7, 11) is 0. The number of aromatic nitrogens is 1. The molecular weight excluding hydrogens is 301 g/mol. The Hall–Kier alpha value is -1.79. The van der Waals surface area contributed by atoms with E-state index in [1.807, 2.05) is 11.8 Å². The summed E-state index contributed by atoms with van der Waals surface area (Å²) >= 11 is 1.30. The van der Waals surface area contributed by atoms with Crippen molar-refractivity contribution in [2.45, 2.75) is 25.9 Å². The van der Waals surface area contributed by atoms with Gasteiger partial charge in [-0.05, 0) is 26.0 Å². The van der Waals surface area contributed by atoms with Gasteiger partial charge < -0.3 is 10.2 Å². The number of nitrogens with zero attached hydrogens (tertiary/aromatic N) is 2. The normalized spacial score (nSPS) is 21.9. The van der Waals surface area contributed by atoms with Crippen LogP contribution >= 0.6 is 11.3 Å². The zero-order valence-corrected chi connectivity index (χ0v) is 13.4. The van der Waals surface area contributed by atoms with Crippen molar-refractivity contribution in [1.29, 1.82) is 0 Å². The van der Waals surface area contributed by atoms with Crippen LogP contribution < -0.4 is 5.32 Å². The summed E-state index contributed by atoms with van der Waals surface area (Å²) in [5, 5.41) is 5.60. The number of carbonyl (C=O) groups is 1. The van der Waals surface area contributed by atoms with Crippen molar-refractivity contribution in [2.75, 3.05) is 13.1 Å². The quantitative estimate of drug-likeness (QED) is 0.926. The first-order chi connectivity index (χ1) is 10.6. The van der Waals surface area contributed by atoms with Crippen LogP contribution in [-0.2, 0) is 0 Å². The summed E-state index contributed by atoms with van der Waals surface area (Å²) in [6.07, 6.45) is 0. The maximum Gasteiger partial charge on any atom is 0.273 e. The Labute approximate surface area is 133 Å². The molecule has 1 saturated heterocycles. The molecule has 1 aliphatic rings. The lowest BCUT2D eigenvalue weighted by atomic mass is 10.1. The molecule has 0 bridgehead atoms. The van der Waals surface area contributed by atoms with Gasteiger partial charge in [0.05, 0.1) is 0 Å². The Morgan fingerprint density at radius 2 is 2.18 bits per heavy atom. The molecule has 0 spiro atoms. The number of benzene rings is 1. The van der Waals surface area contributed by atoms with Gasteiger partial charge in [-0.2, -0.15) is 0 Å². The fourth-order valence-corrected chi connectivity index (χ4v) is 3.44. The number of amides is 1. The van der Waals surface area contributed by atoms with E-state index in [1.54, 1.807) is 23.6 Å². The number of hydrogen-bond acceptors (Lipinski definition) is 4. The van der Waals surface area contributed by atoms with E-state index >= 15 is 0 Å². The van der Waals surface area contributed by atoms with Crippen molar-refractivity contribution in [3.63, 3.8) is 0 Å². The molecule has 1 aromatic carbocycles. The van der Waals surface area contributed by atoms with E-state index in [1.165, 1.54) is 17.4 Å². The second kappa shape index (κ2) is 6.14. The summed E-state index contributed by atoms with van der Waals surface area (Å²) in [5.74, 6) is -0.403. The van der Waals surface area contributed by atoms with Crippen LogP contribution in [0.15, 0.2) is 29.6 Å². The van der Waals surface area contributed by atoms with E-state index in [4.69, 9.17) is 0 Å². The van der Waals surface area contributed by atoms with Crippen molar-refractivity contribution in [1.82, 2.24) is 15.2 Å². The smallest absolute Gasteiger partial charge is 0.273 e. The number of piperazine rings is 1. The van der Waals surface area contributed by atoms with Gasteiger partial charge in [0.1, 0.15) is 16.5 Å². The lowest BCUT2D eigenvalue weighted by molar-refractivity contribution is 0.0598. The molecule has 6 heteroatoms. The highest BCUT2D eigenvalue weighted by molar-refractivity contribution is 7.13. The maximum absolute atomic E-state index is 13.8. The minimum Gasteiger partial charge on any atom is -0.332 e. The highest BCUT2D eigenvalue weighted by atomic mass is 32.1. The summed E-state index contributed by atoms with van der Waals surface area (Å²) in [6.45, 7) is 5.53. The van der Waals surface area contributed by atoms with Crippen molar-refractivity contribution in [3.8, 4) is 10.6 Å². The molecule has 1 aliphatic heterocycles. The largest absolute Gasteiger partial charge is 0.332 e. The predicted octanol–water partition coefficient (Wildman–Crippen LogP) is 2.77. The topological polar surface area (TPSA) is 45.2 Å². The fourth-order valence-electron chi connectivity index (χ4n) is 2.62. The van der Waals surface area contributed by atoms with Crippen LogP contribution in [0.25, 0.3) is 10.6 Å². The number of nitrogens with one attached hydrogen (secondary N) is 1. The second-order valence-corrected chi connectivity index (χ2v) is 6.36. The minimum atomic E-state index is -0.319. The molecule has 2 atom stereocenters. The third-order valence-corrected chi connectivity index (χ3v) is 5.00. The third kappa shape index (κ3) is 2.76. The zero-order valence-electron chi connectivity index (χ0n) is 12.5. The van der Waals surface area contributed by atoms with Gasteiger partial charge >= 0.3 is 0 Å². The fraction of sp³-hybridized carbons (Fsp3) is 0.375. The van der Waals surface area contributed by atoms with Crippen LogP contribution in [0.1, 0.15) is 24.3 Å². The van der Waals surface area contributed by atoms with Gasteiger partial charge in [0.15, 0.2) is 0 Å². The average molecular weight is 319 g/mol. The summed E-state index contributed by atoms with van der Waals surface area (Å²) in [6, 6.07) is 6.85. The van der Waals surface area contributed by atoms with E-state index in [2.05, 4.69) is 17.2 Å². The molecule has 22 heavy (non-hydrogen) atoms. The molecule has 1 N–H and O–H groups in total. The second-order valence-electron chi connectivity index (χ2n) is 5.50. The minimum absolute atomic E-state index is 0.0836. The van der Waals surface area contributed by atoms with Crippen LogP contribution in [0, 0.1) is 5.82 Å². The van der Waals surface area contributed by atoms with E-state index in [9.17, 15) is 9.18 Å². The first-order valence-electron chi connectivity index (χ1n) is 7.32. The van der Waals surface area contributed by atoms with Crippen LogP contribution in [0.4, 0.5) is 4.39 Å². The number of carbonyl (C=O) groups excluding carboxylic acids is 1. The van der Waals surface area contributed by atoms with E-state index < -0.39 is 0 Å². The van der Waals surface area contributed by atoms with E-state index in [-0.39, 0.29) is 23.8 Å². The van der Waals surface area contributed by atoms with Gasteiger partial charge in [-0.25, -0.2) is 9.37 Å².